The Kier molecular flexibility index (Phi) is 9.69. The summed E-state index contributed by atoms with van der Waals surface area (Å²) in [5.74, 6) is -0.433. The third-order valence-corrected chi connectivity index (χ3v) is 9.33. The number of aryl methyl sites for hydroxylation is 1. The van der Waals surface area contributed by atoms with E-state index in [4.69, 9.17) is 9.47 Å². The first kappa shape index (κ1) is 33.6. The lowest BCUT2D eigenvalue weighted by Crippen LogP contribution is -2.30. The van der Waals surface area contributed by atoms with E-state index in [0.717, 1.165) is 22.6 Å². The molecule has 0 saturated heterocycles. The predicted octanol–water partition coefficient (Wildman–Crippen LogP) is 7.37. The zero-order valence-electron chi connectivity index (χ0n) is 28.2. The Bertz CT molecular complexity index is 1980. The number of nitrogens with one attached hydrogen (secondary N) is 1. The molecular formula is C36H43N5O5Si. The van der Waals surface area contributed by atoms with Crippen molar-refractivity contribution in [1.82, 2.24) is 18.9 Å². The second-order valence-electron chi connectivity index (χ2n) is 14.0. The lowest BCUT2D eigenvalue weighted by molar-refractivity contribution is 0.0547. The van der Waals surface area contributed by atoms with E-state index in [9.17, 15) is 14.4 Å². The number of amides is 1. The summed E-state index contributed by atoms with van der Waals surface area (Å²) in [6.07, 6.45) is 4.23. The second kappa shape index (κ2) is 13.5. The molecule has 5 aromatic rings. The third-order valence-electron chi connectivity index (χ3n) is 7.62. The maximum absolute atomic E-state index is 14.0. The van der Waals surface area contributed by atoms with Crippen LogP contribution in [0.5, 0.6) is 0 Å². The van der Waals surface area contributed by atoms with Crippen LogP contribution in [-0.2, 0) is 22.7 Å². The van der Waals surface area contributed by atoms with Gasteiger partial charge in [-0.15, -0.1) is 0 Å². The van der Waals surface area contributed by atoms with Gasteiger partial charge in [-0.2, -0.15) is 5.10 Å². The van der Waals surface area contributed by atoms with Gasteiger partial charge in [0.1, 0.15) is 12.3 Å². The molecule has 0 unspecified atom stereocenters. The molecule has 0 bridgehead atoms. The number of ether oxygens (including phenoxy) is 2. The van der Waals surface area contributed by atoms with Crippen molar-refractivity contribution in [2.75, 3.05) is 11.9 Å². The maximum atomic E-state index is 14.0. The summed E-state index contributed by atoms with van der Waals surface area (Å²) in [6.45, 7) is 15.2. The SMILES string of the molecule is Cc1ccccc1Cn1cc(NC(=O)c2cc(-c3cc4ccccc4n3C(=O)OC(C)(C)C)c(=O)n(COCC[Si](C)(C)C)c2)cn1. The van der Waals surface area contributed by atoms with Crippen molar-refractivity contribution in [3.8, 4) is 11.3 Å². The van der Waals surface area contributed by atoms with Crippen LogP contribution in [0.4, 0.5) is 10.5 Å². The number of carbonyl (C=O) groups is 2. The molecular weight excluding hydrogens is 611 g/mol. The van der Waals surface area contributed by atoms with Gasteiger partial charge in [-0.05, 0) is 63.1 Å². The molecule has 0 saturated carbocycles. The van der Waals surface area contributed by atoms with E-state index in [1.807, 2.05) is 49.4 Å². The van der Waals surface area contributed by atoms with Crippen LogP contribution in [0.25, 0.3) is 22.2 Å². The Morgan fingerprint density at radius 2 is 1.70 bits per heavy atom. The third kappa shape index (κ3) is 8.35. The van der Waals surface area contributed by atoms with Crippen LogP contribution in [-0.4, -0.2) is 51.2 Å². The first-order valence-corrected chi connectivity index (χ1v) is 19.4. The lowest BCUT2D eigenvalue weighted by Gasteiger charge is -2.21. The molecule has 0 aliphatic rings. The summed E-state index contributed by atoms with van der Waals surface area (Å²) >= 11 is 0. The Balaban J connectivity index is 1.52. The minimum Gasteiger partial charge on any atom is -0.443 e. The standard InChI is InChI=1S/C36H43N5O5Si/c1-25-12-8-9-14-27(25)22-40-23-29(20-37-40)38-33(42)28-18-30(34(43)39(21-28)24-45-16-17-47(5,6)7)32-19-26-13-10-11-15-31(26)41(32)35(44)46-36(2,3)4/h8-15,18-21,23H,16-17,22,24H2,1-7H3,(H,38,42). The van der Waals surface area contributed by atoms with E-state index >= 15 is 0 Å². The molecule has 5 rings (SSSR count). The summed E-state index contributed by atoms with van der Waals surface area (Å²) < 4.78 is 16.2. The lowest BCUT2D eigenvalue weighted by atomic mass is 10.1. The van der Waals surface area contributed by atoms with E-state index in [0.29, 0.717) is 30.0 Å². The van der Waals surface area contributed by atoms with Gasteiger partial charge in [0, 0.05) is 32.5 Å². The van der Waals surface area contributed by atoms with E-state index in [-0.39, 0.29) is 17.9 Å². The topological polar surface area (TPSA) is 109 Å². The quantitative estimate of drug-likeness (QED) is 0.125. The zero-order valence-corrected chi connectivity index (χ0v) is 29.2. The predicted molar refractivity (Wildman–Crippen MR) is 188 cm³/mol. The van der Waals surface area contributed by atoms with Gasteiger partial charge in [-0.3, -0.25) is 18.8 Å². The Morgan fingerprint density at radius 3 is 2.43 bits per heavy atom. The highest BCUT2D eigenvalue weighted by Gasteiger charge is 2.25. The van der Waals surface area contributed by atoms with E-state index < -0.39 is 31.2 Å². The van der Waals surface area contributed by atoms with Gasteiger partial charge in [0.15, 0.2) is 0 Å². The highest BCUT2D eigenvalue weighted by Crippen LogP contribution is 2.29. The number of para-hydroxylation sites is 1. The fourth-order valence-electron chi connectivity index (χ4n) is 5.12. The Morgan fingerprint density at radius 1 is 0.979 bits per heavy atom. The molecule has 0 atom stereocenters. The smallest absolute Gasteiger partial charge is 0.419 e. The monoisotopic (exact) mass is 653 g/mol. The van der Waals surface area contributed by atoms with Gasteiger partial charge >= 0.3 is 6.09 Å². The molecule has 0 fully saturated rings. The molecule has 0 aliphatic heterocycles. The number of carbonyl (C=O) groups excluding carboxylic acids is 2. The zero-order chi connectivity index (χ0) is 33.9. The molecule has 3 heterocycles. The normalized spacial score (nSPS) is 12.0. The van der Waals surface area contributed by atoms with Gasteiger partial charge in [0.25, 0.3) is 11.5 Å². The van der Waals surface area contributed by atoms with Crippen LogP contribution in [0, 0.1) is 6.92 Å². The van der Waals surface area contributed by atoms with Crippen LogP contribution in [0.3, 0.4) is 0 Å². The number of benzene rings is 2. The van der Waals surface area contributed by atoms with Crippen LogP contribution < -0.4 is 10.9 Å². The van der Waals surface area contributed by atoms with Crippen molar-refractivity contribution in [1.29, 1.82) is 0 Å². The van der Waals surface area contributed by atoms with E-state index in [1.165, 1.54) is 21.4 Å². The molecule has 2 aromatic carbocycles. The number of hydrogen-bond acceptors (Lipinski definition) is 6. The second-order valence-corrected chi connectivity index (χ2v) is 19.6. The van der Waals surface area contributed by atoms with Crippen LogP contribution in [0.2, 0.25) is 25.7 Å². The summed E-state index contributed by atoms with van der Waals surface area (Å²) in [4.78, 5) is 41.3. The molecule has 1 amide bonds. The average Bonchev–Trinajstić information content (AvgIpc) is 3.60. The average molecular weight is 654 g/mol. The van der Waals surface area contributed by atoms with Gasteiger partial charge in [-0.1, -0.05) is 62.1 Å². The highest BCUT2D eigenvalue weighted by atomic mass is 28.3. The molecule has 0 spiro atoms. The van der Waals surface area contributed by atoms with Crippen molar-refractivity contribution < 1.29 is 19.1 Å². The molecule has 3 aromatic heterocycles. The molecule has 11 heteroatoms. The maximum Gasteiger partial charge on any atom is 0.419 e. The number of anilines is 1. The first-order chi connectivity index (χ1) is 22.2. The molecule has 47 heavy (non-hydrogen) atoms. The van der Waals surface area contributed by atoms with E-state index in [2.05, 4.69) is 30.1 Å². The first-order valence-electron chi connectivity index (χ1n) is 15.7. The minimum atomic E-state index is -1.37. The van der Waals surface area contributed by atoms with Gasteiger partial charge in [0.05, 0.1) is 40.8 Å². The highest BCUT2D eigenvalue weighted by molar-refractivity contribution is 6.76. The number of rotatable bonds is 10. The summed E-state index contributed by atoms with van der Waals surface area (Å²) in [5, 5.41) is 8.09. The summed E-state index contributed by atoms with van der Waals surface area (Å²) in [7, 11) is -1.37. The number of hydrogen-bond donors (Lipinski definition) is 1. The largest absolute Gasteiger partial charge is 0.443 e. The van der Waals surface area contributed by atoms with Crippen molar-refractivity contribution in [3.63, 3.8) is 0 Å². The Hall–Kier alpha value is -4.74. The number of fused-ring (bicyclic) bond motifs is 1. The molecule has 10 nitrogen and oxygen atoms in total. The van der Waals surface area contributed by atoms with Crippen molar-refractivity contribution in [2.24, 2.45) is 0 Å². The molecule has 0 radical (unpaired) electrons. The van der Waals surface area contributed by atoms with Crippen LogP contribution in [0.1, 0.15) is 42.3 Å². The number of pyridine rings is 1. The van der Waals surface area contributed by atoms with Crippen molar-refractivity contribution >= 4 is 36.7 Å². The van der Waals surface area contributed by atoms with Crippen LogP contribution >= 0.6 is 0 Å². The minimum absolute atomic E-state index is 0.0432. The fourth-order valence-corrected chi connectivity index (χ4v) is 5.87. The van der Waals surface area contributed by atoms with Crippen LogP contribution in [0.15, 0.2) is 84.0 Å². The van der Waals surface area contributed by atoms with E-state index in [1.54, 1.807) is 50.0 Å². The Labute approximate surface area is 275 Å². The number of aromatic nitrogens is 4. The van der Waals surface area contributed by atoms with Gasteiger partial charge in [-0.25, -0.2) is 9.36 Å². The van der Waals surface area contributed by atoms with Crippen molar-refractivity contribution in [2.45, 2.75) is 72.3 Å². The molecule has 1 N–H and O–H groups in total. The van der Waals surface area contributed by atoms with Crippen molar-refractivity contribution in [3.05, 3.63) is 106 Å². The number of nitrogens with zero attached hydrogens (tertiary/aromatic N) is 4. The molecule has 0 aliphatic carbocycles. The summed E-state index contributed by atoms with van der Waals surface area (Å²) in [5.41, 5.74) is 2.93. The summed E-state index contributed by atoms with van der Waals surface area (Å²) in [6, 6.07) is 19.6. The van der Waals surface area contributed by atoms with Gasteiger partial charge < -0.3 is 14.8 Å². The van der Waals surface area contributed by atoms with Gasteiger partial charge in [0.2, 0.25) is 0 Å². The molecule has 246 valence electrons. The fraction of sp³-hybridized carbons (Fsp3) is 0.333.